The maximum atomic E-state index is 9.07. The van der Waals surface area contributed by atoms with Gasteiger partial charge in [0.25, 0.3) is 0 Å². The van der Waals surface area contributed by atoms with E-state index in [1.807, 2.05) is 59.5 Å². The second-order valence-corrected chi connectivity index (χ2v) is 7.34. The van der Waals surface area contributed by atoms with Crippen LogP contribution in [0.15, 0.2) is 79.2 Å². The fourth-order valence-corrected chi connectivity index (χ4v) is 3.41. The number of aromatic nitrogens is 2. The normalized spacial score (nSPS) is 16.8. The number of nitrogens with zero attached hydrogens (tertiary/aromatic N) is 4. The van der Waals surface area contributed by atoms with Gasteiger partial charge in [0.2, 0.25) is 0 Å². The van der Waals surface area contributed by atoms with E-state index in [4.69, 9.17) is 27.1 Å². The van der Waals surface area contributed by atoms with Crippen LogP contribution in [-0.4, -0.2) is 14.5 Å². The number of alkyl halides is 1. The number of nitriles is 2. The fraction of sp³-hybridized carbons (Fsp3) is 0.0870. The summed E-state index contributed by atoms with van der Waals surface area (Å²) in [7, 11) is 0. The molecule has 3 aromatic rings. The van der Waals surface area contributed by atoms with Gasteiger partial charge >= 0.3 is 0 Å². The average Bonchev–Trinajstić information content (AvgIpc) is 3.17. The smallest absolute Gasteiger partial charge is 0.138 e. The molecule has 5 nitrogen and oxygen atoms in total. The lowest BCUT2D eigenvalue weighted by Crippen LogP contribution is -2.38. The molecule has 0 radical (unpaired) electrons. The Kier molecular flexibility index (Phi) is 6.28. The summed E-state index contributed by atoms with van der Waals surface area (Å²) in [6, 6.07) is 18.9. The van der Waals surface area contributed by atoms with E-state index in [-0.39, 0.29) is 12.4 Å². The van der Waals surface area contributed by atoms with E-state index in [2.05, 4.69) is 17.5 Å². The van der Waals surface area contributed by atoms with Gasteiger partial charge in [-0.15, -0.1) is 12.4 Å². The van der Waals surface area contributed by atoms with Gasteiger partial charge in [-0.1, -0.05) is 29.8 Å². The molecule has 2 heterocycles. The van der Waals surface area contributed by atoms with Crippen LogP contribution < -0.4 is 5.32 Å². The van der Waals surface area contributed by atoms with Gasteiger partial charge in [-0.3, -0.25) is 0 Å². The summed E-state index contributed by atoms with van der Waals surface area (Å²) in [5.41, 5.74) is 3.78. The first-order chi connectivity index (χ1) is 14.1. The first-order valence-corrected chi connectivity index (χ1v) is 9.38. The number of imidazole rings is 1. The van der Waals surface area contributed by atoms with Gasteiger partial charge in [0.1, 0.15) is 10.8 Å². The Morgan fingerprint density at radius 3 is 2.17 bits per heavy atom. The van der Waals surface area contributed by atoms with E-state index in [0.717, 1.165) is 22.8 Å². The van der Waals surface area contributed by atoms with Crippen molar-refractivity contribution < 1.29 is 0 Å². The molecule has 4 rings (SSSR count). The lowest BCUT2D eigenvalue weighted by atomic mass is 10.1. The molecule has 1 atom stereocenters. The van der Waals surface area contributed by atoms with Crippen LogP contribution in [0.3, 0.4) is 0 Å². The first-order valence-electron chi connectivity index (χ1n) is 9.00. The van der Waals surface area contributed by atoms with Crippen molar-refractivity contribution in [2.24, 2.45) is 0 Å². The van der Waals surface area contributed by atoms with Crippen LogP contribution in [0.1, 0.15) is 17.0 Å². The number of dihydropyridines is 1. The Hall–Kier alpha value is -3.51. The van der Waals surface area contributed by atoms with Crippen molar-refractivity contribution in [3.05, 3.63) is 96.1 Å². The molecule has 7 heteroatoms. The second kappa shape index (κ2) is 8.88. The summed E-state index contributed by atoms with van der Waals surface area (Å²) in [5, 5.41) is 21.3. The van der Waals surface area contributed by atoms with Crippen molar-refractivity contribution in [1.29, 1.82) is 10.5 Å². The van der Waals surface area contributed by atoms with E-state index < -0.39 is 5.00 Å². The van der Waals surface area contributed by atoms with Crippen LogP contribution in [0.25, 0.3) is 16.9 Å². The SMILES string of the molecule is Cl.N#Cc1ccc(-c2cn(-c3ccc(C#N)cc3)c(CC3(Cl)C=CC=CN3)n2)cc1. The summed E-state index contributed by atoms with van der Waals surface area (Å²) in [6.07, 6.45) is 9.89. The number of nitrogens with one attached hydrogen (secondary N) is 1. The van der Waals surface area contributed by atoms with Gasteiger partial charge in [0, 0.05) is 23.9 Å². The maximum Gasteiger partial charge on any atom is 0.138 e. The van der Waals surface area contributed by atoms with Gasteiger partial charge in [0.05, 0.1) is 29.0 Å². The topological polar surface area (TPSA) is 77.4 Å². The van der Waals surface area contributed by atoms with Crippen LogP contribution in [0.2, 0.25) is 0 Å². The summed E-state index contributed by atoms with van der Waals surface area (Å²) in [4.78, 5) is 4.06. The van der Waals surface area contributed by atoms with Gasteiger partial charge < -0.3 is 9.88 Å². The lowest BCUT2D eigenvalue weighted by Gasteiger charge is -2.25. The Labute approximate surface area is 186 Å². The Morgan fingerprint density at radius 1 is 0.967 bits per heavy atom. The summed E-state index contributed by atoms with van der Waals surface area (Å²) < 4.78 is 1.98. The number of hydrogen-bond acceptors (Lipinski definition) is 4. The maximum absolute atomic E-state index is 9.07. The minimum Gasteiger partial charge on any atom is -0.369 e. The fourth-order valence-electron chi connectivity index (χ4n) is 3.16. The van der Waals surface area contributed by atoms with Gasteiger partial charge in [-0.05, 0) is 54.8 Å². The van der Waals surface area contributed by atoms with Crippen LogP contribution in [-0.2, 0) is 6.42 Å². The Balaban J connectivity index is 0.00000256. The van der Waals surface area contributed by atoms with Crippen molar-refractivity contribution in [2.75, 3.05) is 0 Å². The molecule has 0 aliphatic carbocycles. The number of allylic oxidation sites excluding steroid dienone is 2. The third kappa shape index (κ3) is 4.39. The van der Waals surface area contributed by atoms with Crippen LogP contribution in [0.5, 0.6) is 0 Å². The lowest BCUT2D eigenvalue weighted by molar-refractivity contribution is 0.594. The van der Waals surface area contributed by atoms with Crippen LogP contribution >= 0.6 is 24.0 Å². The highest BCUT2D eigenvalue weighted by Gasteiger charge is 2.27. The zero-order valence-electron chi connectivity index (χ0n) is 15.8. The summed E-state index contributed by atoms with van der Waals surface area (Å²) in [5.74, 6) is 0.775. The van der Waals surface area contributed by atoms with Gasteiger partial charge in [0.15, 0.2) is 0 Å². The number of rotatable bonds is 4. The highest BCUT2D eigenvalue weighted by molar-refractivity contribution is 6.25. The van der Waals surface area contributed by atoms with E-state index >= 15 is 0 Å². The molecule has 0 saturated carbocycles. The number of benzene rings is 2. The molecule has 1 N–H and O–H groups in total. The zero-order valence-corrected chi connectivity index (χ0v) is 17.4. The predicted molar refractivity (Wildman–Crippen MR) is 119 cm³/mol. The molecule has 1 aliphatic rings. The van der Waals surface area contributed by atoms with Crippen molar-refractivity contribution in [1.82, 2.24) is 14.9 Å². The molecule has 1 aromatic heterocycles. The van der Waals surface area contributed by atoms with Gasteiger partial charge in [-0.25, -0.2) is 4.98 Å². The van der Waals surface area contributed by atoms with Crippen molar-refractivity contribution >= 4 is 24.0 Å². The average molecular weight is 434 g/mol. The van der Waals surface area contributed by atoms with Crippen LogP contribution in [0.4, 0.5) is 0 Å². The molecule has 0 spiro atoms. The molecular weight excluding hydrogens is 417 g/mol. The molecule has 0 fully saturated rings. The number of halogens is 2. The summed E-state index contributed by atoms with van der Waals surface area (Å²) >= 11 is 6.73. The molecule has 30 heavy (non-hydrogen) atoms. The Bertz CT molecular complexity index is 1180. The molecule has 2 aromatic carbocycles. The molecule has 0 saturated heterocycles. The third-order valence-electron chi connectivity index (χ3n) is 4.67. The molecule has 1 unspecified atom stereocenters. The van der Waals surface area contributed by atoms with Crippen molar-refractivity contribution in [3.8, 4) is 29.1 Å². The quantitative estimate of drug-likeness (QED) is 0.470. The van der Waals surface area contributed by atoms with E-state index in [1.54, 1.807) is 24.3 Å². The van der Waals surface area contributed by atoms with Crippen LogP contribution in [0, 0.1) is 22.7 Å². The monoisotopic (exact) mass is 433 g/mol. The first kappa shape index (κ1) is 21.2. The minimum atomic E-state index is -0.771. The van der Waals surface area contributed by atoms with Crippen molar-refractivity contribution in [3.63, 3.8) is 0 Å². The molecule has 0 bridgehead atoms. The standard InChI is InChI=1S/C23H16ClN5.ClH/c24-23(11-1-2-12-27-23)13-22-28-21(19-7-3-17(14-25)4-8-19)16-29(22)20-9-5-18(15-26)6-10-20;/h1-12,16,27H,13H2;1H. The highest BCUT2D eigenvalue weighted by Crippen LogP contribution is 2.27. The Morgan fingerprint density at radius 2 is 1.60 bits per heavy atom. The highest BCUT2D eigenvalue weighted by atomic mass is 35.5. The molecule has 148 valence electrons. The predicted octanol–water partition coefficient (Wildman–Crippen LogP) is 4.86. The van der Waals surface area contributed by atoms with E-state index in [9.17, 15) is 0 Å². The molecular formula is C23H17Cl2N5. The molecule has 0 amide bonds. The van der Waals surface area contributed by atoms with Crippen molar-refractivity contribution in [2.45, 2.75) is 11.4 Å². The number of hydrogen-bond donors (Lipinski definition) is 1. The second-order valence-electron chi connectivity index (χ2n) is 6.66. The van der Waals surface area contributed by atoms with Gasteiger partial charge in [-0.2, -0.15) is 10.5 Å². The molecule has 1 aliphatic heterocycles. The zero-order chi connectivity index (χ0) is 20.3. The van der Waals surface area contributed by atoms with E-state index in [0.29, 0.717) is 17.5 Å². The summed E-state index contributed by atoms with van der Waals surface area (Å²) in [6.45, 7) is 0. The minimum absolute atomic E-state index is 0. The third-order valence-corrected chi connectivity index (χ3v) is 5.04. The van der Waals surface area contributed by atoms with E-state index in [1.165, 1.54) is 0 Å². The largest absolute Gasteiger partial charge is 0.369 e.